The monoisotopic (exact) mass is 316 g/mol. The van der Waals surface area contributed by atoms with Crippen molar-refractivity contribution < 1.29 is 9.53 Å². The van der Waals surface area contributed by atoms with Gasteiger partial charge in [-0.3, -0.25) is 4.79 Å². The molecule has 1 atom stereocenters. The first-order valence-corrected chi connectivity index (χ1v) is 7.40. The highest BCUT2D eigenvalue weighted by Gasteiger charge is 2.22. The van der Waals surface area contributed by atoms with Gasteiger partial charge in [0.1, 0.15) is 6.10 Å². The van der Waals surface area contributed by atoms with E-state index in [1.54, 1.807) is 19.1 Å². The third-order valence-electron chi connectivity index (χ3n) is 3.27. The summed E-state index contributed by atoms with van der Waals surface area (Å²) in [4.78, 5) is 12.0. The largest absolute Gasteiger partial charge is 0.399 e. The van der Waals surface area contributed by atoms with Gasteiger partial charge >= 0.3 is 0 Å². The van der Waals surface area contributed by atoms with Gasteiger partial charge in [-0.15, -0.1) is 0 Å². The molecule has 3 N–H and O–H groups in total. The van der Waals surface area contributed by atoms with E-state index in [2.05, 4.69) is 5.32 Å². The molecule has 1 unspecified atom stereocenters. The van der Waals surface area contributed by atoms with E-state index >= 15 is 0 Å². The number of nitrogen functional groups attached to an aromatic ring is 1. The molecule has 1 fully saturated rings. The minimum atomic E-state index is -0.543. The number of carbonyl (C=O) groups is 1. The fourth-order valence-corrected chi connectivity index (χ4v) is 2.43. The first-order chi connectivity index (χ1) is 9.47. The Morgan fingerprint density at radius 2 is 2.05 bits per heavy atom. The maximum absolute atomic E-state index is 12.0. The Morgan fingerprint density at radius 3 is 2.60 bits per heavy atom. The zero-order valence-electron chi connectivity index (χ0n) is 11.3. The number of nitrogens with one attached hydrogen (secondary N) is 1. The maximum Gasteiger partial charge on any atom is 0.253 e. The number of halogens is 2. The molecule has 2 rings (SSSR count). The minimum absolute atomic E-state index is 0.269. The van der Waals surface area contributed by atoms with Gasteiger partial charge in [-0.2, -0.15) is 0 Å². The Kier molecular flexibility index (Phi) is 5.13. The molecule has 0 radical (unpaired) electrons. The lowest BCUT2D eigenvalue weighted by Gasteiger charge is -2.15. The molecule has 4 nitrogen and oxygen atoms in total. The van der Waals surface area contributed by atoms with Crippen LogP contribution < -0.4 is 11.1 Å². The predicted molar refractivity (Wildman–Crippen MR) is 82.3 cm³/mol. The molecule has 1 aromatic carbocycles. The molecule has 0 aromatic heterocycles. The molecule has 6 heteroatoms. The highest BCUT2D eigenvalue weighted by atomic mass is 35.5. The van der Waals surface area contributed by atoms with Crippen LogP contribution in [-0.2, 0) is 9.53 Å². The SMILES string of the molecule is CC(OCCC1CC1)C(=O)Nc1c(Cl)cc(N)cc1Cl. The number of hydrogen-bond acceptors (Lipinski definition) is 3. The first kappa shape index (κ1) is 15.4. The van der Waals surface area contributed by atoms with Crippen molar-refractivity contribution in [2.45, 2.75) is 32.3 Å². The minimum Gasteiger partial charge on any atom is -0.399 e. The Morgan fingerprint density at radius 1 is 1.45 bits per heavy atom. The topological polar surface area (TPSA) is 64.3 Å². The van der Waals surface area contributed by atoms with Gasteiger partial charge in [0.15, 0.2) is 0 Å². The average Bonchev–Trinajstić information content (AvgIpc) is 3.17. The lowest BCUT2D eigenvalue weighted by atomic mass is 10.2. The summed E-state index contributed by atoms with van der Waals surface area (Å²) in [6.07, 6.45) is 3.03. The Labute approximate surface area is 128 Å². The summed E-state index contributed by atoms with van der Waals surface area (Å²) in [5, 5.41) is 3.30. The standard InChI is InChI=1S/C14H18Cl2N2O2/c1-8(20-5-4-9-2-3-9)14(19)18-13-11(15)6-10(17)7-12(13)16/h6-9H,2-5,17H2,1H3,(H,18,19). The van der Waals surface area contributed by atoms with Crippen LogP contribution in [0, 0.1) is 5.92 Å². The van der Waals surface area contributed by atoms with Gasteiger partial charge < -0.3 is 15.8 Å². The van der Waals surface area contributed by atoms with Crippen LogP contribution in [0.3, 0.4) is 0 Å². The van der Waals surface area contributed by atoms with Crippen molar-refractivity contribution in [2.24, 2.45) is 5.92 Å². The number of amides is 1. The third-order valence-corrected chi connectivity index (χ3v) is 3.87. The van der Waals surface area contributed by atoms with Crippen LogP contribution in [0.25, 0.3) is 0 Å². The number of anilines is 2. The molecule has 0 heterocycles. The zero-order chi connectivity index (χ0) is 14.7. The number of carbonyl (C=O) groups excluding carboxylic acids is 1. The molecule has 20 heavy (non-hydrogen) atoms. The summed E-state index contributed by atoms with van der Waals surface area (Å²) in [6, 6.07) is 3.09. The molecule has 0 spiro atoms. The molecule has 1 aliphatic carbocycles. The second kappa shape index (κ2) is 6.66. The van der Waals surface area contributed by atoms with Crippen molar-refractivity contribution >= 4 is 40.5 Å². The van der Waals surface area contributed by atoms with Crippen molar-refractivity contribution in [3.8, 4) is 0 Å². The Hall–Kier alpha value is -0.970. The number of ether oxygens (including phenoxy) is 1. The summed E-state index contributed by atoms with van der Waals surface area (Å²) in [5.41, 5.74) is 6.43. The zero-order valence-corrected chi connectivity index (χ0v) is 12.8. The van der Waals surface area contributed by atoms with E-state index in [1.807, 2.05) is 0 Å². The quantitative estimate of drug-likeness (QED) is 0.786. The first-order valence-electron chi connectivity index (χ1n) is 6.64. The second-order valence-corrected chi connectivity index (χ2v) is 5.91. The van der Waals surface area contributed by atoms with Crippen LogP contribution >= 0.6 is 23.2 Å². The van der Waals surface area contributed by atoms with E-state index in [-0.39, 0.29) is 5.91 Å². The maximum atomic E-state index is 12.0. The molecule has 110 valence electrons. The molecule has 0 saturated heterocycles. The van der Waals surface area contributed by atoms with Crippen molar-refractivity contribution in [3.05, 3.63) is 22.2 Å². The molecule has 1 aliphatic rings. The van der Waals surface area contributed by atoms with Gasteiger partial charge in [0.2, 0.25) is 0 Å². The van der Waals surface area contributed by atoms with Gasteiger partial charge in [0.25, 0.3) is 5.91 Å². The van der Waals surface area contributed by atoms with E-state index in [0.717, 1.165) is 12.3 Å². The molecule has 1 saturated carbocycles. The van der Waals surface area contributed by atoms with Crippen molar-refractivity contribution in [1.29, 1.82) is 0 Å². The number of benzene rings is 1. The van der Waals surface area contributed by atoms with E-state index in [1.165, 1.54) is 12.8 Å². The van der Waals surface area contributed by atoms with Crippen LogP contribution in [-0.4, -0.2) is 18.6 Å². The molecule has 1 amide bonds. The fraction of sp³-hybridized carbons (Fsp3) is 0.500. The lowest BCUT2D eigenvalue weighted by Crippen LogP contribution is -2.28. The number of rotatable bonds is 6. The summed E-state index contributed by atoms with van der Waals surface area (Å²) >= 11 is 12.0. The second-order valence-electron chi connectivity index (χ2n) is 5.09. The van der Waals surface area contributed by atoms with Crippen molar-refractivity contribution in [2.75, 3.05) is 17.7 Å². The number of hydrogen-bond donors (Lipinski definition) is 2. The van der Waals surface area contributed by atoms with Crippen molar-refractivity contribution in [3.63, 3.8) is 0 Å². The third kappa shape index (κ3) is 4.27. The summed E-state index contributed by atoms with van der Waals surface area (Å²) in [5.74, 6) is 0.514. The molecule has 0 aliphatic heterocycles. The fourth-order valence-electron chi connectivity index (χ4n) is 1.83. The lowest BCUT2D eigenvalue weighted by molar-refractivity contribution is -0.126. The van der Waals surface area contributed by atoms with Gasteiger partial charge in [-0.25, -0.2) is 0 Å². The van der Waals surface area contributed by atoms with Crippen LogP contribution in [0.1, 0.15) is 26.2 Å². The predicted octanol–water partition coefficient (Wildman–Crippen LogP) is 3.72. The van der Waals surface area contributed by atoms with Crippen LogP contribution in [0.4, 0.5) is 11.4 Å². The van der Waals surface area contributed by atoms with Crippen LogP contribution in [0.2, 0.25) is 10.0 Å². The summed E-state index contributed by atoms with van der Waals surface area (Å²) in [7, 11) is 0. The Bertz CT molecular complexity index is 481. The van der Waals surface area contributed by atoms with Gasteiger partial charge in [0, 0.05) is 12.3 Å². The molecule has 0 bridgehead atoms. The van der Waals surface area contributed by atoms with Crippen LogP contribution in [0.5, 0.6) is 0 Å². The van der Waals surface area contributed by atoms with Crippen molar-refractivity contribution in [1.82, 2.24) is 0 Å². The molecular formula is C14H18Cl2N2O2. The van der Waals surface area contributed by atoms with E-state index in [9.17, 15) is 4.79 Å². The van der Waals surface area contributed by atoms with Gasteiger partial charge in [-0.1, -0.05) is 36.0 Å². The summed E-state index contributed by atoms with van der Waals surface area (Å²) in [6.45, 7) is 2.31. The Balaban J connectivity index is 1.89. The van der Waals surface area contributed by atoms with Crippen LogP contribution in [0.15, 0.2) is 12.1 Å². The summed E-state index contributed by atoms with van der Waals surface area (Å²) < 4.78 is 5.51. The van der Waals surface area contributed by atoms with E-state index < -0.39 is 6.10 Å². The normalized spacial score (nSPS) is 15.9. The molecule has 1 aromatic rings. The highest BCUT2D eigenvalue weighted by molar-refractivity contribution is 6.40. The van der Waals surface area contributed by atoms with E-state index in [0.29, 0.717) is 28.0 Å². The van der Waals surface area contributed by atoms with Gasteiger partial charge in [-0.05, 0) is 31.4 Å². The average molecular weight is 317 g/mol. The van der Waals surface area contributed by atoms with Gasteiger partial charge in [0.05, 0.1) is 15.7 Å². The smallest absolute Gasteiger partial charge is 0.253 e. The highest BCUT2D eigenvalue weighted by Crippen LogP contribution is 2.33. The number of nitrogens with two attached hydrogens (primary N) is 1. The molecular weight excluding hydrogens is 299 g/mol. The van der Waals surface area contributed by atoms with E-state index in [4.69, 9.17) is 33.7 Å².